The number of carbonyl (C=O) groups excluding carboxylic acids is 2. The largest absolute Gasteiger partial charge is 0.416 e. The molecule has 0 bridgehead atoms. The second kappa shape index (κ2) is 10.7. The number of aromatic nitrogens is 1. The van der Waals surface area contributed by atoms with Gasteiger partial charge >= 0.3 is 12.2 Å². The number of halogens is 3. The fourth-order valence-corrected chi connectivity index (χ4v) is 4.56. The Labute approximate surface area is 217 Å². The quantitative estimate of drug-likeness (QED) is 0.421. The minimum Gasteiger partial charge on any atom is -0.326 e. The Morgan fingerprint density at radius 1 is 1.05 bits per heavy atom. The number of nitrogens with one attached hydrogen (secondary N) is 3. The first-order valence-corrected chi connectivity index (χ1v) is 13.4. The molecular formula is C25H24F3N5O4S. The lowest BCUT2D eigenvalue weighted by Crippen LogP contribution is -2.53. The predicted molar refractivity (Wildman–Crippen MR) is 137 cm³/mol. The van der Waals surface area contributed by atoms with Gasteiger partial charge in [-0.2, -0.15) is 13.2 Å². The topological polar surface area (TPSA) is 120 Å². The van der Waals surface area contributed by atoms with Crippen molar-refractivity contribution in [1.29, 1.82) is 0 Å². The number of piperidine rings is 1. The highest BCUT2D eigenvalue weighted by molar-refractivity contribution is 7.92. The van der Waals surface area contributed by atoms with Gasteiger partial charge in [-0.3, -0.25) is 9.52 Å². The number of alkyl halides is 3. The smallest absolute Gasteiger partial charge is 0.326 e. The third kappa shape index (κ3) is 6.59. The fraction of sp³-hybridized carbons (Fsp3) is 0.240. The average molecular weight is 548 g/mol. The highest BCUT2D eigenvalue weighted by atomic mass is 32.2. The highest BCUT2D eigenvalue weighted by Crippen LogP contribution is 2.31. The maximum atomic E-state index is 13.1. The third-order valence-corrected chi connectivity index (χ3v) is 6.36. The van der Waals surface area contributed by atoms with Gasteiger partial charge in [0.1, 0.15) is 11.9 Å². The molecule has 3 amide bonds. The van der Waals surface area contributed by atoms with Crippen LogP contribution in [0.15, 0.2) is 66.9 Å². The first kappa shape index (κ1) is 26.9. The van der Waals surface area contributed by atoms with Gasteiger partial charge in [0.2, 0.25) is 15.9 Å². The molecule has 1 atom stereocenters. The molecule has 0 spiro atoms. The molecule has 38 heavy (non-hydrogen) atoms. The number of nitrogens with zero attached hydrogens (tertiary/aromatic N) is 2. The van der Waals surface area contributed by atoms with Gasteiger partial charge in [0.15, 0.2) is 0 Å². The summed E-state index contributed by atoms with van der Waals surface area (Å²) in [6, 6.07) is 12.8. The van der Waals surface area contributed by atoms with E-state index in [1.54, 1.807) is 36.4 Å². The number of pyridine rings is 1. The number of sulfonamides is 1. The van der Waals surface area contributed by atoms with E-state index in [0.717, 1.165) is 30.5 Å². The monoisotopic (exact) mass is 547 g/mol. The van der Waals surface area contributed by atoms with Crippen molar-refractivity contribution in [3.05, 3.63) is 72.4 Å². The van der Waals surface area contributed by atoms with Crippen molar-refractivity contribution in [2.24, 2.45) is 0 Å². The molecule has 1 aliphatic heterocycles. The van der Waals surface area contributed by atoms with Gasteiger partial charge in [-0.05, 0) is 66.9 Å². The number of urea groups is 1. The molecule has 1 saturated heterocycles. The minimum atomic E-state index is -4.48. The average Bonchev–Trinajstić information content (AvgIpc) is 2.85. The summed E-state index contributed by atoms with van der Waals surface area (Å²) in [4.78, 5) is 31.2. The van der Waals surface area contributed by atoms with Crippen molar-refractivity contribution < 1.29 is 31.2 Å². The summed E-state index contributed by atoms with van der Waals surface area (Å²) in [5.41, 5.74) is 1.16. The van der Waals surface area contributed by atoms with E-state index in [1.165, 1.54) is 11.1 Å². The van der Waals surface area contributed by atoms with E-state index >= 15 is 0 Å². The van der Waals surface area contributed by atoms with Crippen LogP contribution in [-0.4, -0.2) is 44.2 Å². The van der Waals surface area contributed by atoms with Crippen LogP contribution >= 0.6 is 0 Å². The van der Waals surface area contributed by atoms with Crippen molar-refractivity contribution in [3.8, 4) is 11.1 Å². The van der Waals surface area contributed by atoms with Crippen LogP contribution in [-0.2, 0) is 21.0 Å². The zero-order chi connectivity index (χ0) is 27.5. The number of amides is 3. The van der Waals surface area contributed by atoms with E-state index in [2.05, 4.69) is 20.3 Å². The van der Waals surface area contributed by atoms with Crippen LogP contribution < -0.4 is 20.3 Å². The van der Waals surface area contributed by atoms with Crippen LogP contribution in [0.3, 0.4) is 0 Å². The molecule has 2 heterocycles. The van der Waals surface area contributed by atoms with Crippen LogP contribution in [0.2, 0.25) is 0 Å². The van der Waals surface area contributed by atoms with Crippen LogP contribution in [0.5, 0.6) is 0 Å². The molecule has 9 nitrogen and oxygen atoms in total. The van der Waals surface area contributed by atoms with Crippen LogP contribution in [0.25, 0.3) is 11.1 Å². The highest BCUT2D eigenvalue weighted by Gasteiger charge is 2.32. The number of anilines is 3. The van der Waals surface area contributed by atoms with Gasteiger partial charge in [-0.15, -0.1) is 0 Å². The summed E-state index contributed by atoms with van der Waals surface area (Å²) in [7, 11) is -3.53. The Kier molecular flexibility index (Phi) is 7.58. The molecule has 2 aromatic carbocycles. The molecule has 13 heteroatoms. The molecular weight excluding hydrogens is 523 g/mol. The summed E-state index contributed by atoms with van der Waals surface area (Å²) in [5.74, 6) is -0.146. The molecule has 1 aromatic heterocycles. The van der Waals surface area contributed by atoms with E-state index in [1.807, 2.05) is 0 Å². The van der Waals surface area contributed by atoms with Crippen molar-refractivity contribution in [2.45, 2.75) is 25.1 Å². The molecule has 0 aliphatic carbocycles. The standard InChI is InChI=1S/C25H24F3N5O4S/c1-38(36,37)32-22-20(4-2-14-29-22)16-6-12-19(13-7-16)33-15-3-5-21(23(33)34)31-24(35)30-18-10-8-17(9-11-18)25(26,27)28/h2,4,6-14,21H,3,5,15H2,1H3,(H,29,32)(H2,30,31,35)/t21-/m1/s1. The van der Waals surface area contributed by atoms with Gasteiger partial charge < -0.3 is 15.5 Å². The van der Waals surface area contributed by atoms with Crippen molar-refractivity contribution in [3.63, 3.8) is 0 Å². The molecule has 1 fully saturated rings. The zero-order valence-corrected chi connectivity index (χ0v) is 20.9. The zero-order valence-electron chi connectivity index (χ0n) is 20.1. The lowest BCUT2D eigenvalue weighted by Gasteiger charge is -2.32. The summed E-state index contributed by atoms with van der Waals surface area (Å²) in [6.45, 7) is 0.435. The maximum absolute atomic E-state index is 13.1. The number of benzene rings is 2. The Morgan fingerprint density at radius 2 is 1.74 bits per heavy atom. The summed E-state index contributed by atoms with van der Waals surface area (Å²) >= 11 is 0. The minimum absolute atomic E-state index is 0.159. The third-order valence-electron chi connectivity index (χ3n) is 5.79. The number of rotatable bonds is 6. The fourth-order valence-electron chi connectivity index (χ4n) is 4.05. The Balaban J connectivity index is 1.42. The van der Waals surface area contributed by atoms with E-state index in [4.69, 9.17) is 0 Å². The van der Waals surface area contributed by atoms with Crippen LogP contribution in [0.1, 0.15) is 18.4 Å². The van der Waals surface area contributed by atoms with Gasteiger partial charge in [-0.1, -0.05) is 12.1 Å². The second-order valence-corrected chi connectivity index (χ2v) is 10.4. The molecule has 0 unspecified atom stereocenters. The van der Waals surface area contributed by atoms with Crippen molar-refractivity contribution in [1.82, 2.24) is 10.3 Å². The van der Waals surface area contributed by atoms with E-state index in [0.29, 0.717) is 36.2 Å². The maximum Gasteiger partial charge on any atom is 0.416 e. The molecule has 4 rings (SSSR count). The number of hydrogen-bond donors (Lipinski definition) is 3. The first-order valence-electron chi connectivity index (χ1n) is 11.5. The summed E-state index contributed by atoms with van der Waals surface area (Å²) in [6.07, 6.45) is -0.957. The predicted octanol–water partition coefficient (Wildman–Crippen LogP) is 4.46. The lowest BCUT2D eigenvalue weighted by atomic mass is 10.0. The number of hydrogen-bond acceptors (Lipinski definition) is 5. The van der Waals surface area contributed by atoms with Gasteiger partial charge in [-0.25, -0.2) is 18.2 Å². The molecule has 0 saturated carbocycles. The van der Waals surface area contributed by atoms with Crippen molar-refractivity contribution in [2.75, 3.05) is 27.7 Å². The van der Waals surface area contributed by atoms with Gasteiger partial charge in [0.05, 0.1) is 11.8 Å². The Bertz CT molecular complexity index is 1430. The van der Waals surface area contributed by atoms with Crippen molar-refractivity contribution >= 4 is 39.2 Å². The SMILES string of the molecule is CS(=O)(=O)Nc1ncccc1-c1ccc(N2CCC[C@@H](NC(=O)Nc3ccc(C(F)(F)F)cc3)C2=O)cc1. The molecule has 1 aliphatic rings. The van der Waals surface area contributed by atoms with E-state index in [-0.39, 0.29) is 17.4 Å². The van der Waals surface area contributed by atoms with E-state index in [9.17, 15) is 31.2 Å². The summed E-state index contributed by atoms with van der Waals surface area (Å²) in [5, 5.41) is 5.04. The molecule has 3 aromatic rings. The first-order chi connectivity index (χ1) is 17.9. The normalized spacial score (nSPS) is 16.2. The lowest BCUT2D eigenvalue weighted by molar-refractivity contribution is -0.137. The van der Waals surface area contributed by atoms with Crippen LogP contribution in [0.4, 0.5) is 35.2 Å². The van der Waals surface area contributed by atoms with Gasteiger partial charge in [0, 0.05) is 29.7 Å². The molecule has 3 N–H and O–H groups in total. The molecule has 200 valence electrons. The van der Waals surface area contributed by atoms with E-state index < -0.39 is 33.8 Å². The van der Waals surface area contributed by atoms with Crippen LogP contribution in [0, 0.1) is 0 Å². The Hall–Kier alpha value is -4.13. The van der Waals surface area contributed by atoms with Gasteiger partial charge in [0.25, 0.3) is 0 Å². The summed E-state index contributed by atoms with van der Waals surface area (Å²) < 4.78 is 63.9. The second-order valence-electron chi connectivity index (χ2n) is 8.68. The number of carbonyl (C=O) groups is 2. The Morgan fingerprint density at radius 3 is 2.37 bits per heavy atom. The molecule has 0 radical (unpaired) electrons.